The van der Waals surface area contributed by atoms with Gasteiger partial charge in [-0.15, -0.1) is 10.2 Å². The van der Waals surface area contributed by atoms with Crippen molar-refractivity contribution in [2.24, 2.45) is 0 Å². The topological polar surface area (TPSA) is 84.0 Å². The molecular formula is C16H20N4O2S2. The number of nitrogens with zero attached hydrogens (tertiary/aromatic N) is 2. The van der Waals surface area contributed by atoms with Crippen molar-refractivity contribution in [2.45, 2.75) is 36.8 Å². The second kappa shape index (κ2) is 8.79. The van der Waals surface area contributed by atoms with Gasteiger partial charge in [-0.05, 0) is 32.4 Å². The SMILES string of the molecule is CCCNc1nnc(SC(C)C(=O)Nc2ccccc2C(C)=O)s1. The third-order valence-electron chi connectivity index (χ3n) is 3.14. The molecule has 0 radical (unpaired) electrons. The molecule has 0 aliphatic heterocycles. The van der Waals surface area contributed by atoms with Gasteiger partial charge in [-0.25, -0.2) is 0 Å². The first-order chi connectivity index (χ1) is 11.5. The molecule has 1 unspecified atom stereocenters. The molecule has 1 amide bonds. The monoisotopic (exact) mass is 364 g/mol. The van der Waals surface area contributed by atoms with E-state index in [4.69, 9.17) is 0 Å². The van der Waals surface area contributed by atoms with E-state index in [1.54, 1.807) is 31.2 Å². The minimum atomic E-state index is -0.350. The van der Waals surface area contributed by atoms with Gasteiger partial charge in [-0.1, -0.05) is 42.2 Å². The lowest BCUT2D eigenvalue weighted by Crippen LogP contribution is -2.23. The highest BCUT2D eigenvalue weighted by molar-refractivity contribution is 8.02. The van der Waals surface area contributed by atoms with Gasteiger partial charge in [0.15, 0.2) is 10.1 Å². The molecule has 6 nitrogen and oxygen atoms in total. The number of carbonyl (C=O) groups is 2. The Morgan fingerprint density at radius 1 is 1.29 bits per heavy atom. The Balaban J connectivity index is 1.97. The number of para-hydroxylation sites is 1. The van der Waals surface area contributed by atoms with E-state index in [1.807, 2.05) is 0 Å². The molecule has 0 saturated carbocycles. The zero-order valence-corrected chi connectivity index (χ0v) is 15.5. The van der Waals surface area contributed by atoms with E-state index in [2.05, 4.69) is 27.8 Å². The van der Waals surface area contributed by atoms with Crippen molar-refractivity contribution in [1.82, 2.24) is 10.2 Å². The maximum Gasteiger partial charge on any atom is 0.237 e. The van der Waals surface area contributed by atoms with E-state index in [9.17, 15) is 9.59 Å². The second-order valence-corrected chi connectivity index (χ2v) is 7.72. The summed E-state index contributed by atoms with van der Waals surface area (Å²) in [5, 5.41) is 14.5. The highest BCUT2D eigenvalue weighted by atomic mass is 32.2. The predicted molar refractivity (Wildman–Crippen MR) is 99.1 cm³/mol. The first-order valence-corrected chi connectivity index (χ1v) is 9.35. The molecule has 128 valence electrons. The van der Waals surface area contributed by atoms with Crippen LogP contribution in [0.1, 0.15) is 37.6 Å². The number of anilines is 2. The molecule has 0 fully saturated rings. The predicted octanol–water partition coefficient (Wildman–Crippen LogP) is 3.68. The van der Waals surface area contributed by atoms with Crippen molar-refractivity contribution in [3.63, 3.8) is 0 Å². The molecule has 0 spiro atoms. The largest absolute Gasteiger partial charge is 0.360 e. The molecule has 24 heavy (non-hydrogen) atoms. The molecule has 2 N–H and O–H groups in total. The van der Waals surface area contributed by atoms with Crippen LogP contribution in [0.5, 0.6) is 0 Å². The summed E-state index contributed by atoms with van der Waals surface area (Å²) in [6.45, 7) is 6.21. The zero-order chi connectivity index (χ0) is 17.5. The number of carbonyl (C=O) groups excluding carboxylic acids is 2. The van der Waals surface area contributed by atoms with Gasteiger partial charge >= 0.3 is 0 Å². The Morgan fingerprint density at radius 3 is 2.75 bits per heavy atom. The van der Waals surface area contributed by atoms with Crippen LogP contribution in [-0.2, 0) is 4.79 Å². The van der Waals surface area contributed by atoms with Gasteiger partial charge in [0.25, 0.3) is 0 Å². The van der Waals surface area contributed by atoms with Gasteiger partial charge in [0.1, 0.15) is 0 Å². The molecule has 1 heterocycles. The maximum atomic E-state index is 12.4. The number of ketones is 1. The number of nitrogens with one attached hydrogen (secondary N) is 2. The third-order valence-corrected chi connectivity index (χ3v) is 5.21. The van der Waals surface area contributed by atoms with E-state index in [0.29, 0.717) is 11.3 Å². The molecule has 0 aliphatic carbocycles. The Bertz CT molecular complexity index is 718. The molecule has 2 rings (SSSR count). The summed E-state index contributed by atoms with van der Waals surface area (Å²) in [5.74, 6) is -0.256. The van der Waals surface area contributed by atoms with Gasteiger partial charge in [0, 0.05) is 12.1 Å². The number of thioether (sulfide) groups is 1. The lowest BCUT2D eigenvalue weighted by molar-refractivity contribution is -0.115. The van der Waals surface area contributed by atoms with Crippen LogP contribution in [0.15, 0.2) is 28.6 Å². The highest BCUT2D eigenvalue weighted by Gasteiger charge is 2.19. The number of hydrogen-bond donors (Lipinski definition) is 2. The molecule has 2 aromatic rings. The quantitative estimate of drug-likeness (QED) is 0.549. The summed E-state index contributed by atoms with van der Waals surface area (Å²) in [4.78, 5) is 24.0. The van der Waals surface area contributed by atoms with Crippen LogP contribution in [0.4, 0.5) is 10.8 Å². The van der Waals surface area contributed by atoms with Crippen molar-refractivity contribution in [1.29, 1.82) is 0 Å². The number of hydrogen-bond acceptors (Lipinski definition) is 7. The van der Waals surface area contributed by atoms with Crippen LogP contribution in [-0.4, -0.2) is 33.7 Å². The second-order valence-electron chi connectivity index (χ2n) is 5.15. The molecule has 8 heteroatoms. The highest BCUT2D eigenvalue weighted by Crippen LogP contribution is 2.29. The van der Waals surface area contributed by atoms with Crippen LogP contribution in [0.25, 0.3) is 0 Å². The van der Waals surface area contributed by atoms with Crippen molar-refractivity contribution in [3.05, 3.63) is 29.8 Å². The lowest BCUT2D eigenvalue weighted by atomic mass is 10.1. The summed E-state index contributed by atoms with van der Waals surface area (Å²) in [6, 6.07) is 6.99. The average Bonchev–Trinajstić information content (AvgIpc) is 3.00. The van der Waals surface area contributed by atoms with E-state index in [1.165, 1.54) is 30.0 Å². The van der Waals surface area contributed by atoms with Crippen molar-refractivity contribution < 1.29 is 9.59 Å². The van der Waals surface area contributed by atoms with E-state index in [-0.39, 0.29) is 16.9 Å². The Hall–Kier alpha value is -1.93. The molecule has 1 aromatic heterocycles. The fourth-order valence-electron chi connectivity index (χ4n) is 1.90. The maximum absolute atomic E-state index is 12.4. The number of benzene rings is 1. The first kappa shape index (κ1) is 18.4. The van der Waals surface area contributed by atoms with E-state index >= 15 is 0 Å². The van der Waals surface area contributed by atoms with Gasteiger partial charge in [0.2, 0.25) is 11.0 Å². The van der Waals surface area contributed by atoms with Crippen LogP contribution in [0.3, 0.4) is 0 Å². The average molecular weight is 364 g/mol. The third kappa shape index (κ3) is 5.04. The Labute approximate surface area is 149 Å². The van der Waals surface area contributed by atoms with Gasteiger partial charge in [-0.3, -0.25) is 9.59 Å². The summed E-state index contributed by atoms with van der Waals surface area (Å²) in [5.41, 5.74) is 1.04. The molecule has 0 saturated heterocycles. The number of Topliss-reactive ketones (excluding diaryl/α,β-unsaturated/α-hetero) is 1. The number of rotatable bonds is 8. The fourth-order valence-corrected chi connectivity index (χ4v) is 3.82. The summed E-state index contributed by atoms with van der Waals surface area (Å²) in [7, 11) is 0. The standard InChI is InChI=1S/C16H20N4O2S2/c1-4-9-17-15-19-20-16(24-15)23-11(3)14(22)18-13-8-6-5-7-12(13)10(2)21/h5-8,11H,4,9H2,1-3H3,(H,17,19)(H,18,22). The molecule has 1 atom stereocenters. The van der Waals surface area contributed by atoms with Gasteiger partial charge in [-0.2, -0.15) is 0 Å². The number of aromatic nitrogens is 2. The van der Waals surface area contributed by atoms with Gasteiger partial charge in [0.05, 0.1) is 10.9 Å². The van der Waals surface area contributed by atoms with Crippen LogP contribution in [0, 0.1) is 0 Å². The molecule has 0 aliphatic rings. The van der Waals surface area contributed by atoms with Crippen molar-refractivity contribution in [2.75, 3.05) is 17.2 Å². The summed E-state index contributed by atoms with van der Waals surface area (Å²) in [6.07, 6.45) is 1.01. The number of amides is 1. The fraction of sp³-hybridized carbons (Fsp3) is 0.375. The molecule has 1 aromatic carbocycles. The minimum Gasteiger partial charge on any atom is -0.360 e. The minimum absolute atomic E-state index is 0.0815. The first-order valence-electron chi connectivity index (χ1n) is 7.66. The summed E-state index contributed by atoms with van der Waals surface area (Å²) < 4.78 is 0.733. The van der Waals surface area contributed by atoms with Crippen LogP contribution in [0.2, 0.25) is 0 Å². The zero-order valence-electron chi connectivity index (χ0n) is 13.8. The smallest absolute Gasteiger partial charge is 0.237 e. The lowest BCUT2D eigenvalue weighted by Gasteiger charge is -2.12. The van der Waals surface area contributed by atoms with Crippen LogP contribution >= 0.6 is 23.1 Å². The Morgan fingerprint density at radius 2 is 2.04 bits per heavy atom. The van der Waals surface area contributed by atoms with Crippen molar-refractivity contribution in [3.8, 4) is 0 Å². The molecule has 0 bridgehead atoms. The van der Waals surface area contributed by atoms with Gasteiger partial charge < -0.3 is 10.6 Å². The normalized spacial score (nSPS) is 11.8. The Kier molecular flexibility index (Phi) is 6.74. The molecular weight excluding hydrogens is 344 g/mol. The summed E-state index contributed by atoms with van der Waals surface area (Å²) >= 11 is 2.78. The van der Waals surface area contributed by atoms with E-state index < -0.39 is 0 Å². The van der Waals surface area contributed by atoms with E-state index in [0.717, 1.165) is 22.4 Å². The van der Waals surface area contributed by atoms with Crippen LogP contribution < -0.4 is 10.6 Å². The van der Waals surface area contributed by atoms with Crippen molar-refractivity contribution >= 4 is 45.6 Å².